The van der Waals surface area contributed by atoms with E-state index in [1.807, 2.05) is 6.08 Å². The Hall–Kier alpha value is -2.11. The van der Waals surface area contributed by atoms with Crippen molar-refractivity contribution in [2.24, 2.45) is 5.92 Å². The van der Waals surface area contributed by atoms with Gasteiger partial charge in [-0.1, -0.05) is 30.9 Å². The van der Waals surface area contributed by atoms with Crippen molar-refractivity contribution in [2.75, 3.05) is 13.1 Å². The van der Waals surface area contributed by atoms with Gasteiger partial charge in [-0.25, -0.2) is 4.39 Å². The molecule has 1 aliphatic heterocycles. The zero-order valence-corrected chi connectivity index (χ0v) is 11.7. The highest BCUT2D eigenvalue weighted by Crippen LogP contribution is 2.29. The highest BCUT2D eigenvalue weighted by atomic mass is 19.4. The van der Waals surface area contributed by atoms with E-state index in [1.54, 1.807) is 6.08 Å². The van der Waals surface area contributed by atoms with Crippen molar-refractivity contribution in [3.63, 3.8) is 0 Å². The van der Waals surface area contributed by atoms with Crippen LogP contribution < -0.4 is 0 Å². The second-order valence-corrected chi connectivity index (χ2v) is 5.18. The van der Waals surface area contributed by atoms with Gasteiger partial charge in [0.05, 0.1) is 5.56 Å². The Bertz CT molecular complexity index is 589. The monoisotopic (exact) mass is 313 g/mol. The fourth-order valence-corrected chi connectivity index (χ4v) is 2.33. The maximum atomic E-state index is 12.8. The van der Waals surface area contributed by atoms with E-state index in [0.717, 1.165) is 12.1 Å². The van der Waals surface area contributed by atoms with E-state index in [9.17, 15) is 22.4 Å². The lowest BCUT2D eigenvalue weighted by atomic mass is 10.1. The molecule has 0 aromatic heterocycles. The molecule has 0 aliphatic carbocycles. The quantitative estimate of drug-likeness (QED) is 0.609. The maximum Gasteiger partial charge on any atom is 0.416 e. The number of benzene rings is 1. The number of rotatable bonds is 3. The molecule has 118 valence electrons. The zero-order valence-electron chi connectivity index (χ0n) is 11.7. The van der Waals surface area contributed by atoms with Gasteiger partial charge in [-0.2, -0.15) is 13.2 Å². The van der Waals surface area contributed by atoms with E-state index in [1.165, 1.54) is 17.0 Å². The SMILES string of the molecule is C=C(F)C(=O)N1CCC(/C=C/c2ccc(C(F)(F)F)cc2)C1. The summed E-state index contributed by atoms with van der Waals surface area (Å²) in [6.45, 7) is 3.81. The predicted molar refractivity (Wildman–Crippen MR) is 75.4 cm³/mol. The van der Waals surface area contributed by atoms with Crippen LogP contribution in [0.1, 0.15) is 17.5 Å². The molecule has 0 radical (unpaired) electrons. The summed E-state index contributed by atoms with van der Waals surface area (Å²) in [6.07, 6.45) is -0.112. The number of hydrogen-bond donors (Lipinski definition) is 0. The second-order valence-electron chi connectivity index (χ2n) is 5.18. The molecule has 2 nitrogen and oxygen atoms in total. The summed E-state index contributed by atoms with van der Waals surface area (Å²) in [7, 11) is 0. The van der Waals surface area contributed by atoms with Gasteiger partial charge in [-0.05, 0) is 30.0 Å². The number of halogens is 4. The number of alkyl halides is 3. The fraction of sp³-hybridized carbons (Fsp3) is 0.312. The third-order valence-corrected chi connectivity index (χ3v) is 3.54. The Morgan fingerprint density at radius 2 is 1.91 bits per heavy atom. The van der Waals surface area contributed by atoms with Crippen molar-refractivity contribution >= 4 is 12.0 Å². The Morgan fingerprint density at radius 1 is 1.27 bits per heavy atom. The van der Waals surface area contributed by atoms with Crippen LogP contribution in [0, 0.1) is 5.92 Å². The molecule has 1 unspecified atom stereocenters. The van der Waals surface area contributed by atoms with Gasteiger partial charge >= 0.3 is 6.18 Å². The molecule has 1 aromatic rings. The van der Waals surface area contributed by atoms with E-state index in [4.69, 9.17) is 0 Å². The highest BCUT2D eigenvalue weighted by Gasteiger charge is 2.30. The lowest BCUT2D eigenvalue weighted by Gasteiger charge is -2.13. The largest absolute Gasteiger partial charge is 0.416 e. The fourth-order valence-electron chi connectivity index (χ4n) is 2.33. The Balaban J connectivity index is 1.96. The molecule has 1 amide bonds. The van der Waals surface area contributed by atoms with Gasteiger partial charge in [-0.3, -0.25) is 4.79 Å². The molecule has 2 rings (SSSR count). The van der Waals surface area contributed by atoms with Crippen LogP contribution in [0.25, 0.3) is 6.08 Å². The summed E-state index contributed by atoms with van der Waals surface area (Å²) in [5.41, 5.74) is -0.0450. The van der Waals surface area contributed by atoms with E-state index < -0.39 is 23.5 Å². The summed E-state index contributed by atoms with van der Waals surface area (Å²) >= 11 is 0. The third-order valence-electron chi connectivity index (χ3n) is 3.54. The molecule has 0 N–H and O–H groups in total. The van der Waals surface area contributed by atoms with Crippen LogP contribution in [0.5, 0.6) is 0 Å². The van der Waals surface area contributed by atoms with Gasteiger partial charge in [-0.15, -0.1) is 0 Å². The topological polar surface area (TPSA) is 20.3 Å². The molecule has 1 heterocycles. The molecule has 1 saturated heterocycles. The lowest BCUT2D eigenvalue weighted by molar-refractivity contribution is -0.137. The molecular weight excluding hydrogens is 298 g/mol. The Labute approximate surface area is 125 Å². The summed E-state index contributed by atoms with van der Waals surface area (Å²) in [5.74, 6) is -1.62. The summed E-state index contributed by atoms with van der Waals surface area (Å²) in [6, 6.07) is 4.83. The molecule has 1 aliphatic rings. The van der Waals surface area contributed by atoms with Crippen LogP contribution in [0.3, 0.4) is 0 Å². The van der Waals surface area contributed by atoms with E-state index in [0.29, 0.717) is 25.1 Å². The number of hydrogen-bond acceptors (Lipinski definition) is 1. The van der Waals surface area contributed by atoms with Crippen molar-refractivity contribution in [2.45, 2.75) is 12.6 Å². The molecule has 22 heavy (non-hydrogen) atoms. The van der Waals surface area contributed by atoms with Crippen LogP contribution in [-0.4, -0.2) is 23.9 Å². The first-order valence-electron chi connectivity index (χ1n) is 6.76. The minimum Gasteiger partial charge on any atom is -0.336 e. The highest BCUT2D eigenvalue weighted by molar-refractivity contribution is 5.90. The molecule has 0 saturated carbocycles. The van der Waals surface area contributed by atoms with Crippen molar-refractivity contribution in [1.82, 2.24) is 4.90 Å². The molecule has 0 bridgehead atoms. The molecule has 1 fully saturated rings. The van der Waals surface area contributed by atoms with Crippen molar-refractivity contribution in [3.8, 4) is 0 Å². The van der Waals surface area contributed by atoms with Gasteiger partial charge < -0.3 is 4.90 Å². The zero-order chi connectivity index (χ0) is 16.3. The average molecular weight is 313 g/mol. The number of amides is 1. The number of carbonyl (C=O) groups is 1. The lowest BCUT2D eigenvalue weighted by Crippen LogP contribution is -2.28. The predicted octanol–water partition coefficient (Wildman–Crippen LogP) is 4.05. The van der Waals surface area contributed by atoms with Crippen LogP contribution >= 0.6 is 0 Å². The standard InChI is InChI=1S/C16H15F4NO/c1-11(17)15(22)21-9-8-13(10-21)3-2-12-4-6-14(7-5-12)16(18,19)20/h2-7,13H,1,8-10H2/b3-2+. The van der Waals surface area contributed by atoms with Gasteiger partial charge in [0.1, 0.15) is 0 Å². The second kappa shape index (κ2) is 6.34. The van der Waals surface area contributed by atoms with E-state index >= 15 is 0 Å². The van der Waals surface area contributed by atoms with Crippen LogP contribution in [-0.2, 0) is 11.0 Å². The van der Waals surface area contributed by atoms with Crippen molar-refractivity contribution < 1.29 is 22.4 Å². The maximum absolute atomic E-state index is 12.8. The minimum absolute atomic E-state index is 0.0607. The summed E-state index contributed by atoms with van der Waals surface area (Å²) in [4.78, 5) is 12.8. The molecule has 1 atom stereocenters. The summed E-state index contributed by atoms with van der Waals surface area (Å²) in [5, 5.41) is 0. The minimum atomic E-state index is -4.34. The van der Waals surface area contributed by atoms with Gasteiger partial charge in [0.2, 0.25) is 0 Å². The smallest absolute Gasteiger partial charge is 0.336 e. The molecule has 0 spiro atoms. The first-order valence-corrected chi connectivity index (χ1v) is 6.76. The Kier molecular flexibility index (Phi) is 4.68. The third kappa shape index (κ3) is 3.96. The number of likely N-dealkylation sites (tertiary alicyclic amines) is 1. The Morgan fingerprint density at radius 3 is 2.45 bits per heavy atom. The molecular formula is C16H15F4NO. The average Bonchev–Trinajstić information content (AvgIpc) is 2.92. The number of nitrogens with zero attached hydrogens (tertiary/aromatic N) is 1. The van der Waals surface area contributed by atoms with Crippen molar-refractivity contribution in [1.29, 1.82) is 0 Å². The van der Waals surface area contributed by atoms with Crippen molar-refractivity contribution in [3.05, 3.63) is 53.9 Å². The number of carbonyl (C=O) groups excluding carboxylic acids is 1. The van der Waals surface area contributed by atoms with Crippen LogP contribution in [0.2, 0.25) is 0 Å². The molecule has 6 heteroatoms. The summed E-state index contributed by atoms with van der Waals surface area (Å²) < 4.78 is 50.1. The normalized spacial score (nSPS) is 18.9. The van der Waals surface area contributed by atoms with E-state index in [2.05, 4.69) is 6.58 Å². The van der Waals surface area contributed by atoms with Gasteiger partial charge in [0, 0.05) is 13.1 Å². The van der Waals surface area contributed by atoms with Gasteiger partial charge in [0.15, 0.2) is 5.83 Å². The first-order chi connectivity index (χ1) is 10.3. The van der Waals surface area contributed by atoms with E-state index in [-0.39, 0.29) is 5.92 Å². The molecule has 1 aromatic carbocycles. The van der Waals surface area contributed by atoms with Crippen LogP contribution in [0.4, 0.5) is 17.6 Å². The van der Waals surface area contributed by atoms with Crippen LogP contribution in [0.15, 0.2) is 42.7 Å². The van der Waals surface area contributed by atoms with Gasteiger partial charge in [0.25, 0.3) is 5.91 Å². The first kappa shape index (κ1) is 16.3.